The van der Waals surface area contributed by atoms with Crippen LogP contribution in [-0.4, -0.2) is 39.1 Å². The Morgan fingerprint density at radius 3 is 3.00 bits per heavy atom. The molecule has 1 saturated heterocycles. The highest BCUT2D eigenvalue weighted by Crippen LogP contribution is 2.33. The Morgan fingerprint density at radius 2 is 2.33 bits per heavy atom. The van der Waals surface area contributed by atoms with Crippen LogP contribution in [-0.2, 0) is 0 Å². The standard InChI is InChI=1S/C14H16N4O2S/c1-9-3-2-6-18(8-9)14-17-11(12(21-14)13(19)20)10-7-15-4-5-16-10/h4-5,7,9H,2-3,6,8H2,1H3,(H,19,20)/t9-/m1/s1. The van der Waals surface area contributed by atoms with Crippen LogP contribution < -0.4 is 4.90 Å². The van der Waals surface area contributed by atoms with Crippen molar-refractivity contribution in [2.45, 2.75) is 19.8 Å². The van der Waals surface area contributed by atoms with Crippen LogP contribution in [0.4, 0.5) is 5.13 Å². The van der Waals surface area contributed by atoms with E-state index in [4.69, 9.17) is 0 Å². The molecule has 2 aromatic rings. The first-order valence-corrected chi connectivity index (χ1v) is 7.72. The van der Waals surface area contributed by atoms with Gasteiger partial charge in [-0.1, -0.05) is 18.3 Å². The average Bonchev–Trinajstić information content (AvgIpc) is 2.93. The largest absolute Gasteiger partial charge is 0.477 e. The number of hydrogen-bond donors (Lipinski definition) is 1. The van der Waals surface area contributed by atoms with Crippen molar-refractivity contribution >= 4 is 22.4 Å². The molecule has 1 aliphatic heterocycles. The number of thiazole rings is 1. The minimum Gasteiger partial charge on any atom is -0.477 e. The van der Waals surface area contributed by atoms with Gasteiger partial charge in [0.2, 0.25) is 0 Å². The molecule has 0 saturated carbocycles. The molecule has 0 bridgehead atoms. The highest BCUT2D eigenvalue weighted by Gasteiger charge is 2.25. The van der Waals surface area contributed by atoms with E-state index in [1.54, 1.807) is 18.6 Å². The van der Waals surface area contributed by atoms with Gasteiger partial charge in [0.1, 0.15) is 16.3 Å². The van der Waals surface area contributed by atoms with Gasteiger partial charge in [-0.3, -0.25) is 9.97 Å². The number of anilines is 1. The smallest absolute Gasteiger partial charge is 0.348 e. The van der Waals surface area contributed by atoms with Gasteiger partial charge >= 0.3 is 5.97 Å². The predicted molar refractivity (Wildman–Crippen MR) is 80.7 cm³/mol. The fraction of sp³-hybridized carbons (Fsp3) is 0.429. The normalized spacial score (nSPS) is 18.7. The number of nitrogens with zero attached hydrogens (tertiary/aromatic N) is 4. The third-order valence-corrected chi connectivity index (χ3v) is 4.65. The first-order chi connectivity index (χ1) is 10.1. The van der Waals surface area contributed by atoms with Crippen LogP contribution in [0.25, 0.3) is 11.4 Å². The quantitative estimate of drug-likeness (QED) is 0.938. The van der Waals surface area contributed by atoms with Crippen LogP contribution in [0.1, 0.15) is 29.4 Å². The Bertz CT molecular complexity index is 644. The van der Waals surface area contributed by atoms with Gasteiger partial charge in [0.05, 0.1) is 6.20 Å². The minimum absolute atomic E-state index is 0.226. The van der Waals surface area contributed by atoms with Gasteiger partial charge < -0.3 is 10.0 Å². The maximum Gasteiger partial charge on any atom is 0.348 e. The summed E-state index contributed by atoms with van der Waals surface area (Å²) in [6.07, 6.45) is 6.98. The molecule has 6 nitrogen and oxygen atoms in total. The molecular formula is C14H16N4O2S. The Labute approximate surface area is 126 Å². The number of hydrogen-bond acceptors (Lipinski definition) is 6. The zero-order chi connectivity index (χ0) is 14.8. The SMILES string of the molecule is C[C@@H]1CCCN(c2nc(-c3cnccn3)c(C(=O)O)s2)C1. The van der Waals surface area contributed by atoms with Crippen molar-refractivity contribution < 1.29 is 9.90 Å². The molecule has 1 fully saturated rings. The number of aromatic nitrogens is 3. The van der Waals surface area contributed by atoms with E-state index in [0.29, 0.717) is 17.3 Å². The zero-order valence-corrected chi connectivity index (χ0v) is 12.5. The fourth-order valence-electron chi connectivity index (χ4n) is 2.55. The van der Waals surface area contributed by atoms with Gasteiger partial charge in [0, 0.05) is 25.5 Å². The molecule has 0 aliphatic carbocycles. The second-order valence-corrected chi connectivity index (χ2v) is 6.24. The lowest BCUT2D eigenvalue weighted by Crippen LogP contribution is -2.34. The maximum atomic E-state index is 11.5. The summed E-state index contributed by atoms with van der Waals surface area (Å²) in [5.74, 6) is -0.361. The van der Waals surface area contributed by atoms with Crippen molar-refractivity contribution in [3.63, 3.8) is 0 Å². The van der Waals surface area contributed by atoms with Gasteiger partial charge in [0.15, 0.2) is 5.13 Å². The van der Waals surface area contributed by atoms with Crippen molar-refractivity contribution in [2.24, 2.45) is 5.92 Å². The van der Waals surface area contributed by atoms with Crippen LogP contribution in [0.15, 0.2) is 18.6 Å². The fourth-order valence-corrected chi connectivity index (χ4v) is 3.50. The van der Waals surface area contributed by atoms with Gasteiger partial charge in [-0.15, -0.1) is 0 Å². The first-order valence-electron chi connectivity index (χ1n) is 6.90. The summed E-state index contributed by atoms with van der Waals surface area (Å²) in [7, 11) is 0. The molecule has 1 aliphatic rings. The molecule has 0 spiro atoms. The lowest BCUT2D eigenvalue weighted by molar-refractivity contribution is 0.0702. The van der Waals surface area contributed by atoms with Crippen LogP contribution in [0, 0.1) is 5.92 Å². The molecule has 2 aromatic heterocycles. The van der Waals surface area contributed by atoms with E-state index in [2.05, 4.69) is 26.8 Å². The van der Waals surface area contributed by atoms with Crippen molar-refractivity contribution in [1.82, 2.24) is 15.0 Å². The summed E-state index contributed by atoms with van der Waals surface area (Å²) in [5.41, 5.74) is 0.913. The second kappa shape index (κ2) is 5.77. The van der Waals surface area contributed by atoms with E-state index in [-0.39, 0.29) is 4.88 Å². The van der Waals surface area contributed by atoms with E-state index in [1.807, 2.05) is 0 Å². The number of rotatable bonds is 3. The van der Waals surface area contributed by atoms with E-state index >= 15 is 0 Å². The molecule has 7 heteroatoms. The van der Waals surface area contributed by atoms with Crippen LogP contribution in [0.3, 0.4) is 0 Å². The summed E-state index contributed by atoms with van der Waals surface area (Å²) in [6.45, 7) is 4.06. The molecule has 1 N–H and O–H groups in total. The highest BCUT2D eigenvalue weighted by molar-refractivity contribution is 7.17. The maximum absolute atomic E-state index is 11.5. The van der Waals surface area contributed by atoms with E-state index in [9.17, 15) is 9.90 Å². The van der Waals surface area contributed by atoms with Crippen LogP contribution in [0.2, 0.25) is 0 Å². The zero-order valence-electron chi connectivity index (χ0n) is 11.7. The Kier molecular flexibility index (Phi) is 3.83. The number of carboxylic acids is 1. The van der Waals surface area contributed by atoms with Crippen LogP contribution >= 0.6 is 11.3 Å². The molecule has 0 radical (unpaired) electrons. The summed E-state index contributed by atoms with van der Waals surface area (Å²) < 4.78 is 0. The number of piperidine rings is 1. The molecule has 1 atom stereocenters. The minimum atomic E-state index is -0.968. The van der Waals surface area contributed by atoms with Crippen molar-refractivity contribution in [3.05, 3.63) is 23.5 Å². The Morgan fingerprint density at radius 1 is 1.48 bits per heavy atom. The molecule has 0 amide bonds. The molecule has 3 heterocycles. The summed E-state index contributed by atoms with van der Waals surface area (Å²) in [5, 5.41) is 10.2. The highest BCUT2D eigenvalue weighted by atomic mass is 32.1. The molecular weight excluding hydrogens is 288 g/mol. The Balaban J connectivity index is 1.99. The third-order valence-electron chi connectivity index (χ3n) is 3.54. The topological polar surface area (TPSA) is 79.2 Å². The van der Waals surface area contributed by atoms with E-state index in [1.165, 1.54) is 17.8 Å². The molecule has 110 valence electrons. The second-order valence-electron chi connectivity index (χ2n) is 5.26. The molecule has 0 aromatic carbocycles. The summed E-state index contributed by atoms with van der Waals surface area (Å²) in [6, 6.07) is 0. The Hall–Kier alpha value is -2.02. The van der Waals surface area contributed by atoms with Crippen molar-refractivity contribution in [2.75, 3.05) is 18.0 Å². The van der Waals surface area contributed by atoms with E-state index < -0.39 is 5.97 Å². The third kappa shape index (κ3) is 2.87. The van der Waals surface area contributed by atoms with Gasteiger partial charge in [-0.25, -0.2) is 9.78 Å². The lowest BCUT2D eigenvalue weighted by atomic mass is 10.0. The van der Waals surface area contributed by atoms with Gasteiger partial charge in [-0.05, 0) is 18.8 Å². The van der Waals surface area contributed by atoms with Gasteiger partial charge in [0.25, 0.3) is 0 Å². The molecule has 0 unspecified atom stereocenters. The predicted octanol–water partition coefficient (Wildman–Crippen LogP) is 2.53. The molecule has 3 rings (SSSR count). The van der Waals surface area contributed by atoms with Crippen molar-refractivity contribution in [3.8, 4) is 11.4 Å². The molecule has 21 heavy (non-hydrogen) atoms. The number of aromatic carboxylic acids is 1. The lowest BCUT2D eigenvalue weighted by Gasteiger charge is -2.30. The number of carbonyl (C=O) groups is 1. The van der Waals surface area contributed by atoms with Crippen LogP contribution in [0.5, 0.6) is 0 Å². The first kappa shape index (κ1) is 13.9. The summed E-state index contributed by atoms with van der Waals surface area (Å²) >= 11 is 1.22. The van der Waals surface area contributed by atoms with E-state index in [0.717, 1.165) is 24.6 Å². The average molecular weight is 304 g/mol. The van der Waals surface area contributed by atoms with Gasteiger partial charge in [-0.2, -0.15) is 0 Å². The van der Waals surface area contributed by atoms with Crippen molar-refractivity contribution in [1.29, 1.82) is 0 Å². The monoisotopic (exact) mass is 304 g/mol. The summed E-state index contributed by atoms with van der Waals surface area (Å²) in [4.78, 5) is 26.5. The number of carboxylic acid groups (broad SMARTS) is 1.